The minimum absolute atomic E-state index is 0.00359. The third-order valence-electron chi connectivity index (χ3n) is 4.70. The highest BCUT2D eigenvalue weighted by Crippen LogP contribution is 2.35. The Balaban J connectivity index is 1.96. The largest absolute Gasteiger partial charge is 0.416 e. The van der Waals surface area contributed by atoms with Crippen LogP contribution in [0.2, 0.25) is 0 Å². The summed E-state index contributed by atoms with van der Waals surface area (Å²) in [6.07, 6.45) is -9.16. The number of aromatic nitrogens is 4. The molecule has 168 valence electrons. The molecule has 0 radical (unpaired) electrons. The van der Waals surface area contributed by atoms with Crippen molar-refractivity contribution in [1.29, 1.82) is 10.5 Å². The van der Waals surface area contributed by atoms with Gasteiger partial charge in [-0.2, -0.15) is 36.9 Å². The van der Waals surface area contributed by atoms with Crippen LogP contribution >= 0.6 is 0 Å². The van der Waals surface area contributed by atoms with E-state index in [0.29, 0.717) is 0 Å². The molecule has 0 saturated heterocycles. The third-order valence-corrected chi connectivity index (χ3v) is 4.70. The second-order valence-corrected chi connectivity index (χ2v) is 6.86. The highest BCUT2D eigenvalue weighted by Gasteiger charge is 2.31. The van der Waals surface area contributed by atoms with Crippen molar-refractivity contribution in [2.24, 2.45) is 0 Å². The minimum atomic E-state index is -4.58. The van der Waals surface area contributed by atoms with Crippen molar-refractivity contribution in [3.05, 3.63) is 71.0 Å². The Bertz CT molecular complexity index is 1360. The number of hydrogen-bond acceptors (Lipinski definition) is 6. The van der Waals surface area contributed by atoms with E-state index in [1.165, 1.54) is 0 Å². The molecule has 34 heavy (non-hydrogen) atoms. The van der Waals surface area contributed by atoms with Gasteiger partial charge in [-0.15, -0.1) is 0 Å². The number of rotatable bonds is 2. The van der Waals surface area contributed by atoms with Gasteiger partial charge in [-0.3, -0.25) is 0 Å². The van der Waals surface area contributed by atoms with Gasteiger partial charge in [0.15, 0.2) is 22.7 Å². The van der Waals surface area contributed by atoms with Crippen molar-refractivity contribution < 1.29 is 26.3 Å². The Hall–Kier alpha value is -4.58. The van der Waals surface area contributed by atoms with Crippen LogP contribution in [0, 0.1) is 22.7 Å². The van der Waals surface area contributed by atoms with Gasteiger partial charge in [-0.05, 0) is 24.3 Å². The van der Waals surface area contributed by atoms with Crippen molar-refractivity contribution in [3.8, 4) is 34.7 Å². The molecule has 0 fully saturated rings. The molecule has 4 rings (SSSR count). The van der Waals surface area contributed by atoms with E-state index in [1.54, 1.807) is 12.1 Å². The molecule has 2 aromatic heterocycles. The second-order valence-electron chi connectivity index (χ2n) is 6.86. The molecule has 0 aliphatic carbocycles. The molecule has 0 atom stereocenters. The molecule has 0 bridgehead atoms. The lowest BCUT2D eigenvalue weighted by atomic mass is 10.0. The van der Waals surface area contributed by atoms with Crippen molar-refractivity contribution in [1.82, 2.24) is 19.9 Å². The second kappa shape index (κ2) is 8.08. The van der Waals surface area contributed by atoms with Gasteiger partial charge < -0.3 is 0 Å². The molecule has 0 saturated carbocycles. The Labute approximate surface area is 186 Å². The number of nitriles is 2. The van der Waals surface area contributed by atoms with Crippen LogP contribution in [0.3, 0.4) is 0 Å². The van der Waals surface area contributed by atoms with Crippen LogP contribution < -0.4 is 0 Å². The van der Waals surface area contributed by atoms with Crippen LogP contribution in [0.15, 0.2) is 48.5 Å². The van der Waals surface area contributed by atoms with Crippen LogP contribution in [0.1, 0.15) is 22.5 Å². The lowest BCUT2D eigenvalue weighted by Crippen LogP contribution is -2.06. The molecule has 2 aromatic carbocycles. The smallest absolute Gasteiger partial charge is 0.223 e. The Morgan fingerprint density at radius 3 is 1.12 bits per heavy atom. The fourth-order valence-electron chi connectivity index (χ4n) is 3.08. The Morgan fingerprint density at radius 1 is 0.529 bits per heavy atom. The summed E-state index contributed by atoms with van der Waals surface area (Å²) in [7, 11) is 0. The minimum Gasteiger partial charge on any atom is -0.223 e. The van der Waals surface area contributed by atoms with Gasteiger partial charge in [-0.25, -0.2) is 19.9 Å². The highest BCUT2D eigenvalue weighted by atomic mass is 19.4. The molecule has 0 unspecified atom stereocenters. The average molecular weight is 470 g/mol. The van der Waals surface area contributed by atoms with E-state index < -0.39 is 23.5 Å². The van der Waals surface area contributed by atoms with Gasteiger partial charge >= 0.3 is 12.4 Å². The first-order valence-corrected chi connectivity index (χ1v) is 9.26. The zero-order valence-corrected chi connectivity index (χ0v) is 16.6. The number of alkyl halides is 6. The lowest BCUT2D eigenvalue weighted by molar-refractivity contribution is -0.138. The average Bonchev–Trinajstić information content (AvgIpc) is 2.81. The van der Waals surface area contributed by atoms with E-state index >= 15 is 0 Å². The number of halogens is 6. The summed E-state index contributed by atoms with van der Waals surface area (Å²) in [5.74, 6) is 0. The summed E-state index contributed by atoms with van der Waals surface area (Å²) in [5.41, 5.74) is -2.47. The van der Waals surface area contributed by atoms with Gasteiger partial charge in [0.1, 0.15) is 12.1 Å². The number of benzene rings is 2. The molecular weight excluding hydrogens is 462 g/mol. The summed E-state index contributed by atoms with van der Waals surface area (Å²) >= 11 is 0. The van der Waals surface area contributed by atoms with Crippen LogP contribution in [0.25, 0.3) is 33.8 Å². The van der Waals surface area contributed by atoms with Gasteiger partial charge in [0, 0.05) is 11.1 Å². The van der Waals surface area contributed by atoms with Crippen LogP contribution in [-0.4, -0.2) is 19.9 Å². The predicted octanol–water partition coefficient (Wildman–Crippen LogP) is 5.53. The van der Waals surface area contributed by atoms with Crippen molar-refractivity contribution in [2.45, 2.75) is 12.4 Å². The van der Waals surface area contributed by atoms with Crippen molar-refractivity contribution in [3.63, 3.8) is 0 Å². The summed E-state index contributed by atoms with van der Waals surface area (Å²) in [6.45, 7) is 0. The zero-order chi connectivity index (χ0) is 24.7. The van der Waals surface area contributed by atoms with Gasteiger partial charge in [-0.1, -0.05) is 24.3 Å². The number of hydrogen-bond donors (Lipinski definition) is 0. The molecule has 6 nitrogen and oxygen atoms in total. The highest BCUT2D eigenvalue weighted by molar-refractivity contribution is 5.83. The standard InChI is InChI=1S/C22H8F6N6/c23-21(24,25)13-5-1-11(2-6-13)17-18(12-3-7-14(8-4-12)22(26,27)28)34-20-19(33-17)31-15(9-29)16(10-30)32-20/h1-8H. The van der Waals surface area contributed by atoms with E-state index in [4.69, 9.17) is 0 Å². The molecule has 0 amide bonds. The van der Waals surface area contributed by atoms with E-state index in [-0.39, 0.29) is 45.2 Å². The van der Waals surface area contributed by atoms with E-state index in [0.717, 1.165) is 48.5 Å². The first-order chi connectivity index (χ1) is 16.0. The van der Waals surface area contributed by atoms with Gasteiger partial charge in [0.05, 0.1) is 22.5 Å². The molecule has 0 N–H and O–H groups in total. The predicted molar refractivity (Wildman–Crippen MR) is 105 cm³/mol. The zero-order valence-electron chi connectivity index (χ0n) is 16.6. The van der Waals surface area contributed by atoms with Crippen LogP contribution in [0.5, 0.6) is 0 Å². The summed E-state index contributed by atoms with van der Waals surface area (Å²) in [4.78, 5) is 16.4. The Kier molecular flexibility index (Phi) is 5.37. The summed E-state index contributed by atoms with van der Waals surface area (Å²) in [6, 6.07) is 11.2. The SMILES string of the molecule is N#Cc1nc2nc(-c3ccc(C(F)(F)F)cc3)c(-c3ccc(C(F)(F)F)cc3)nc2nc1C#N. The first kappa shape index (κ1) is 22.6. The summed E-state index contributed by atoms with van der Waals surface area (Å²) in [5, 5.41) is 18.4. The maximum atomic E-state index is 13.0. The van der Waals surface area contributed by atoms with E-state index in [9.17, 15) is 36.9 Å². The van der Waals surface area contributed by atoms with Crippen LogP contribution in [0.4, 0.5) is 26.3 Å². The maximum absolute atomic E-state index is 13.0. The summed E-state index contributed by atoms with van der Waals surface area (Å²) < 4.78 is 77.8. The topological polar surface area (TPSA) is 99.1 Å². The fraction of sp³-hybridized carbons (Fsp3) is 0.0909. The van der Waals surface area contributed by atoms with E-state index in [2.05, 4.69) is 19.9 Å². The van der Waals surface area contributed by atoms with Gasteiger partial charge in [0.25, 0.3) is 0 Å². The first-order valence-electron chi connectivity index (χ1n) is 9.26. The van der Waals surface area contributed by atoms with Crippen molar-refractivity contribution >= 4 is 11.3 Å². The molecule has 2 heterocycles. The monoisotopic (exact) mass is 470 g/mol. The molecule has 12 heteroatoms. The van der Waals surface area contributed by atoms with E-state index in [1.807, 2.05) is 0 Å². The molecular formula is C22H8F6N6. The Morgan fingerprint density at radius 2 is 0.853 bits per heavy atom. The number of nitrogens with zero attached hydrogens (tertiary/aromatic N) is 6. The third kappa shape index (κ3) is 4.21. The molecule has 0 aliphatic heterocycles. The van der Waals surface area contributed by atoms with Crippen molar-refractivity contribution in [2.75, 3.05) is 0 Å². The molecule has 0 spiro atoms. The molecule has 0 aliphatic rings. The quantitative estimate of drug-likeness (QED) is 0.357. The fourth-order valence-corrected chi connectivity index (χ4v) is 3.08. The van der Waals surface area contributed by atoms with Crippen LogP contribution in [-0.2, 0) is 12.4 Å². The molecule has 4 aromatic rings. The maximum Gasteiger partial charge on any atom is 0.416 e. The lowest BCUT2D eigenvalue weighted by Gasteiger charge is -2.12. The normalized spacial score (nSPS) is 11.8. The van der Waals surface area contributed by atoms with Gasteiger partial charge in [0.2, 0.25) is 0 Å². The number of fused-ring (bicyclic) bond motifs is 1.